The van der Waals surface area contributed by atoms with Crippen LogP contribution in [0.4, 0.5) is 0 Å². The number of fused-ring (bicyclic) bond motifs is 1. The number of carbonyl (C=O) groups excluding carboxylic acids is 1. The predicted octanol–water partition coefficient (Wildman–Crippen LogP) is 3.28. The highest BCUT2D eigenvalue weighted by molar-refractivity contribution is 6.06. The number of aromatic nitrogens is 2. The summed E-state index contributed by atoms with van der Waals surface area (Å²) in [5.41, 5.74) is 1.24. The Morgan fingerprint density at radius 2 is 2.03 bits per heavy atom. The van der Waals surface area contributed by atoms with Crippen LogP contribution in [0.5, 0.6) is 5.75 Å². The quantitative estimate of drug-likeness (QED) is 0.640. The van der Waals surface area contributed by atoms with Gasteiger partial charge in [0.05, 0.1) is 12.7 Å². The largest absolute Gasteiger partial charge is 0.497 e. The van der Waals surface area contributed by atoms with E-state index in [9.17, 15) is 9.59 Å². The van der Waals surface area contributed by atoms with Crippen LogP contribution in [-0.2, 0) is 13.6 Å². The highest BCUT2D eigenvalue weighted by atomic mass is 16.5. The zero-order valence-electron chi connectivity index (χ0n) is 17.1. The van der Waals surface area contributed by atoms with Crippen molar-refractivity contribution in [3.05, 3.63) is 57.8 Å². The summed E-state index contributed by atoms with van der Waals surface area (Å²) in [5.74, 6) is 1.48. The van der Waals surface area contributed by atoms with Gasteiger partial charge in [0.25, 0.3) is 11.5 Å². The van der Waals surface area contributed by atoms with Crippen LogP contribution in [0.1, 0.15) is 41.4 Å². The van der Waals surface area contributed by atoms with E-state index < -0.39 is 0 Å². The van der Waals surface area contributed by atoms with Gasteiger partial charge in [0.2, 0.25) is 5.71 Å². The zero-order valence-corrected chi connectivity index (χ0v) is 17.1. The Hall–Kier alpha value is -3.09. The van der Waals surface area contributed by atoms with Crippen LogP contribution in [0.3, 0.4) is 0 Å². The molecular weight excluding hydrogens is 370 g/mol. The molecule has 0 aliphatic heterocycles. The third-order valence-electron chi connectivity index (χ3n) is 5.73. The molecule has 1 saturated carbocycles. The topological polar surface area (TPSA) is 77.6 Å². The summed E-state index contributed by atoms with van der Waals surface area (Å²) in [6.07, 6.45) is 3.63. The van der Waals surface area contributed by atoms with Crippen molar-refractivity contribution in [3.63, 3.8) is 0 Å². The smallest absolute Gasteiger partial charge is 0.265 e. The van der Waals surface area contributed by atoms with Crippen LogP contribution in [-0.4, -0.2) is 33.5 Å². The van der Waals surface area contributed by atoms with E-state index in [0.717, 1.165) is 24.2 Å². The van der Waals surface area contributed by atoms with E-state index in [1.54, 1.807) is 21.1 Å². The van der Waals surface area contributed by atoms with Crippen LogP contribution in [0.15, 0.2) is 39.8 Å². The van der Waals surface area contributed by atoms with Gasteiger partial charge in [-0.2, -0.15) is 0 Å². The summed E-state index contributed by atoms with van der Waals surface area (Å²) in [7, 11) is 3.24. The maximum absolute atomic E-state index is 13.7. The number of hydrogen-bond donors (Lipinski definition) is 0. The molecule has 1 fully saturated rings. The number of amides is 1. The van der Waals surface area contributed by atoms with Gasteiger partial charge in [0.1, 0.15) is 23.2 Å². The third-order valence-corrected chi connectivity index (χ3v) is 5.73. The summed E-state index contributed by atoms with van der Waals surface area (Å²) in [6.45, 7) is 4.24. The SMILES string of the molecule is COc1ccc(CN(C(=O)c2c(C)oc3ncn(C)c(=O)c23)C(C)C2CC2)cc1. The molecule has 7 nitrogen and oxygen atoms in total. The van der Waals surface area contributed by atoms with Crippen LogP contribution >= 0.6 is 0 Å². The maximum Gasteiger partial charge on any atom is 0.265 e. The summed E-state index contributed by atoms with van der Waals surface area (Å²) in [6, 6.07) is 7.75. The second-order valence-electron chi connectivity index (χ2n) is 7.73. The molecule has 0 spiro atoms. The molecule has 1 unspecified atom stereocenters. The van der Waals surface area contributed by atoms with Crippen LogP contribution in [0.2, 0.25) is 0 Å². The highest BCUT2D eigenvalue weighted by Gasteiger charge is 2.36. The number of methoxy groups -OCH3 is 1. The van der Waals surface area contributed by atoms with E-state index in [1.165, 1.54) is 10.9 Å². The lowest BCUT2D eigenvalue weighted by molar-refractivity contribution is 0.0654. The molecule has 4 rings (SSSR count). The Morgan fingerprint density at radius 1 is 1.34 bits per heavy atom. The lowest BCUT2D eigenvalue weighted by atomic mass is 10.1. The Balaban J connectivity index is 1.75. The summed E-state index contributed by atoms with van der Waals surface area (Å²) in [5, 5.41) is 0.250. The number of hydrogen-bond acceptors (Lipinski definition) is 5. The lowest BCUT2D eigenvalue weighted by Crippen LogP contribution is -2.40. The Labute approximate surface area is 168 Å². The molecule has 1 aliphatic rings. The second kappa shape index (κ2) is 7.39. The van der Waals surface area contributed by atoms with Gasteiger partial charge in [-0.1, -0.05) is 12.1 Å². The second-order valence-corrected chi connectivity index (χ2v) is 7.73. The fourth-order valence-corrected chi connectivity index (χ4v) is 3.75. The van der Waals surface area contributed by atoms with Gasteiger partial charge in [-0.05, 0) is 50.3 Å². The summed E-state index contributed by atoms with van der Waals surface area (Å²) in [4.78, 5) is 32.4. The first-order valence-corrected chi connectivity index (χ1v) is 9.79. The van der Waals surface area contributed by atoms with Gasteiger partial charge < -0.3 is 18.6 Å². The molecule has 29 heavy (non-hydrogen) atoms. The van der Waals surface area contributed by atoms with Gasteiger partial charge in [0.15, 0.2) is 0 Å². The summed E-state index contributed by atoms with van der Waals surface area (Å²) >= 11 is 0. The molecule has 0 bridgehead atoms. The molecule has 1 aliphatic carbocycles. The number of furan rings is 1. The summed E-state index contributed by atoms with van der Waals surface area (Å²) < 4.78 is 12.2. The van der Waals surface area contributed by atoms with Crippen molar-refractivity contribution in [2.75, 3.05) is 7.11 Å². The first-order chi connectivity index (χ1) is 13.9. The van der Waals surface area contributed by atoms with Crippen molar-refractivity contribution in [1.29, 1.82) is 0 Å². The molecule has 1 amide bonds. The van der Waals surface area contributed by atoms with Crippen molar-refractivity contribution < 1.29 is 13.9 Å². The van der Waals surface area contributed by atoms with Gasteiger partial charge >= 0.3 is 0 Å². The molecule has 1 aromatic carbocycles. The number of rotatable bonds is 6. The molecular formula is C22H25N3O4. The van der Waals surface area contributed by atoms with Crippen molar-refractivity contribution >= 4 is 17.0 Å². The lowest BCUT2D eigenvalue weighted by Gasteiger charge is -2.29. The highest BCUT2D eigenvalue weighted by Crippen LogP contribution is 2.37. The fourth-order valence-electron chi connectivity index (χ4n) is 3.75. The van der Waals surface area contributed by atoms with E-state index >= 15 is 0 Å². The van der Waals surface area contributed by atoms with Gasteiger partial charge in [0, 0.05) is 19.6 Å². The van der Waals surface area contributed by atoms with Crippen molar-refractivity contribution in [1.82, 2.24) is 14.5 Å². The Kier molecular flexibility index (Phi) is 4.90. The van der Waals surface area contributed by atoms with Crippen LogP contribution < -0.4 is 10.3 Å². The zero-order chi connectivity index (χ0) is 20.7. The number of ether oxygens (including phenoxy) is 1. The minimum atomic E-state index is -0.279. The molecule has 7 heteroatoms. The van der Waals surface area contributed by atoms with E-state index in [-0.39, 0.29) is 28.6 Å². The average Bonchev–Trinajstić information content (AvgIpc) is 3.51. The fraction of sp³-hybridized carbons (Fsp3) is 0.409. The van der Waals surface area contributed by atoms with Crippen LogP contribution in [0.25, 0.3) is 11.1 Å². The molecule has 1 atom stereocenters. The molecule has 2 heterocycles. The minimum absolute atomic E-state index is 0.0643. The number of benzene rings is 1. The van der Waals surface area contributed by atoms with E-state index in [2.05, 4.69) is 11.9 Å². The van der Waals surface area contributed by atoms with Crippen molar-refractivity contribution in [2.45, 2.75) is 39.3 Å². The predicted molar refractivity (Wildman–Crippen MR) is 109 cm³/mol. The minimum Gasteiger partial charge on any atom is -0.497 e. The molecule has 0 N–H and O–H groups in total. The van der Waals surface area contributed by atoms with E-state index in [1.807, 2.05) is 29.2 Å². The average molecular weight is 395 g/mol. The van der Waals surface area contributed by atoms with Crippen molar-refractivity contribution in [3.8, 4) is 5.75 Å². The van der Waals surface area contributed by atoms with Crippen LogP contribution in [0, 0.1) is 12.8 Å². The first kappa shape index (κ1) is 19.2. The molecule has 3 aromatic rings. The molecule has 0 saturated heterocycles. The number of nitrogens with zero attached hydrogens (tertiary/aromatic N) is 3. The van der Waals surface area contributed by atoms with E-state index in [0.29, 0.717) is 23.8 Å². The third kappa shape index (κ3) is 3.52. The monoisotopic (exact) mass is 395 g/mol. The molecule has 152 valence electrons. The van der Waals surface area contributed by atoms with Gasteiger partial charge in [-0.3, -0.25) is 9.59 Å². The van der Waals surface area contributed by atoms with Crippen molar-refractivity contribution in [2.24, 2.45) is 13.0 Å². The number of carbonyl (C=O) groups is 1. The Bertz CT molecular complexity index is 1110. The molecule has 2 aromatic heterocycles. The number of aryl methyl sites for hydroxylation is 2. The molecule has 0 radical (unpaired) electrons. The van der Waals surface area contributed by atoms with E-state index in [4.69, 9.17) is 9.15 Å². The first-order valence-electron chi connectivity index (χ1n) is 9.79. The maximum atomic E-state index is 13.7. The van der Waals surface area contributed by atoms with Gasteiger partial charge in [-0.25, -0.2) is 4.98 Å². The Morgan fingerprint density at radius 3 is 2.66 bits per heavy atom. The normalized spacial score (nSPS) is 14.8. The standard InChI is InChI=1S/C22H25N3O4/c1-13(16-7-8-16)25(11-15-5-9-17(28-4)10-6-15)22(27)18-14(2)29-20-19(18)21(26)24(3)12-23-20/h5-6,9-10,12-13,16H,7-8,11H2,1-4H3. The van der Waals surface area contributed by atoms with Gasteiger partial charge in [-0.15, -0.1) is 0 Å².